The summed E-state index contributed by atoms with van der Waals surface area (Å²) in [5.74, 6) is -4.37. The predicted octanol–water partition coefficient (Wildman–Crippen LogP) is 2.09. The first-order valence-electron chi connectivity index (χ1n) is 6.38. The van der Waals surface area contributed by atoms with Gasteiger partial charge in [-0.2, -0.15) is 4.31 Å². The molecule has 0 aromatic heterocycles. The van der Waals surface area contributed by atoms with Crippen molar-refractivity contribution in [2.45, 2.75) is 24.7 Å². The number of Topliss-reactive ketones (excluding diaryl/α,β-unsaturated/α-hetero) is 1. The Morgan fingerprint density at radius 1 is 1.14 bits per heavy atom. The third kappa shape index (κ3) is 3.11. The zero-order chi connectivity index (χ0) is 15.8. The zero-order valence-corrected chi connectivity index (χ0v) is 12.1. The van der Waals surface area contributed by atoms with Gasteiger partial charge in [0, 0.05) is 31.1 Å². The lowest BCUT2D eigenvalue weighted by molar-refractivity contribution is -0.121. The Bertz CT molecular complexity index is 644. The second-order valence-electron chi connectivity index (χ2n) is 4.99. The summed E-state index contributed by atoms with van der Waals surface area (Å²) in [6.45, 7) is 1.43. The Hall–Kier alpha value is -1.41. The van der Waals surface area contributed by atoms with E-state index in [1.807, 2.05) is 0 Å². The summed E-state index contributed by atoms with van der Waals surface area (Å²) >= 11 is 0. The normalized spacial score (nSPS) is 17.9. The van der Waals surface area contributed by atoms with Crippen LogP contribution in [0.15, 0.2) is 17.0 Å². The monoisotopic (exact) mass is 321 g/mol. The van der Waals surface area contributed by atoms with Crippen LogP contribution in [0.2, 0.25) is 0 Å². The van der Waals surface area contributed by atoms with Crippen LogP contribution in [-0.2, 0) is 14.8 Å². The van der Waals surface area contributed by atoms with Crippen molar-refractivity contribution in [3.63, 3.8) is 0 Å². The standard InChI is InChI=1S/C13H14F3NO3S/c1-8(18)9-2-4-17(5-3-9)21(19,20)13-11(15)6-10(14)7-12(13)16/h6-7,9H,2-5H2,1H3. The van der Waals surface area contributed by atoms with Crippen molar-refractivity contribution < 1.29 is 26.4 Å². The number of nitrogens with zero attached hydrogens (tertiary/aromatic N) is 1. The minimum Gasteiger partial charge on any atom is -0.300 e. The quantitative estimate of drug-likeness (QED) is 0.857. The van der Waals surface area contributed by atoms with Gasteiger partial charge in [-0.3, -0.25) is 4.79 Å². The molecule has 0 aliphatic carbocycles. The zero-order valence-electron chi connectivity index (χ0n) is 11.3. The van der Waals surface area contributed by atoms with Crippen molar-refractivity contribution in [2.75, 3.05) is 13.1 Å². The van der Waals surface area contributed by atoms with Gasteiger partial charge >= 0.3 is 0 Å². The van der Waals surface area contributed by atoms with E-state index in [9.17, 15) is 26.4 Å². The average molecular weight is 321 g/mol. The number of carbonyl (C=O) groups excluding carboxylic acids is 1. The van der Waals surface area contributed by atoms with Crippen molar-refractivity contribution in [1.29, 1.82) is 0 Å². The topological polar surface area (TPSA) is 54.5 Å². The summed E-state index contributed by atoms with van der Waals surface area (Å²) in [7, 11) is -4.38. The van der Waals surface area contributed by atoms with Crippen LogP contribution in [0.4, 0.5) is 13.2 Å². The smallest absolute Gasteiger partial charge is 0.248 e. The van der Waals surface area contributed by atoms with Gasteiger partial charge in [-0.15, -0.1) is 0 Å². The van der Waals surface area contributed by atoms with Gasteiger partial charge in [-0.25, -0.2) is 21.6 Å². The average Bonchev–Trinajstić information content (AvgIpc) is 2.37. The predicted molar refractivity (Wildman–Crippen MR) is 68.5 cm³/mol. The number of benzene rings is 1. The molecule has 0 saturated carbocycles. The van der Waals surface area contributed by atoms with Gasteiger partial charge in [0.05, 0.1) is 0 Å². The van der Waals surface area contributed by atoms with Crippen molar-refractivity contribution in [3.8, 4) is 0 Å². The number of sulfonamides is 1. The van der Waals surface area contributed by atoms with E-state index < -0.39 is 32.4 Å². The second-order valence-corrected chi connectivity index (χ2v) is 6.86. The number of rotatable bonds is 3. The first-order chi connectivity index (χ1) is 9.73. The van der Waals surface area contributed by atoms with E-state index in [-0.39, 0.29) is 24.8 Å². The third-order valence-corrected chi connectivity index (χ3v) is 5.54. The van der Waals surface area contributed by atoms with Crippen molar-refractivity contribution in [1.82, 2.24) is 4.31 Å². The summed E-state index contributed by atoms with van der Waals surface area (Å²) in [6, 6.07) is 0.663. The Kier molecular flexibility index (Phi) is 4.38. The van der Waals surface area contributed by atoms with E-state index in [0.717, 1.165) is 4.31 Å². The van der Waals surface area contributed by atoms with Gasteiger partial charge < -0.3 is 0 Å². The minimum absolute atomic E-state index is 0.00281. The molecule has 1 aromatic carbocycles. The Morgan fingerprint density at radius 2 is 1.62 bits per heavy atom. The van der Waals surface area contributed by atoms with Gasteiger partial charge in [-0.1, -0.05) is 0 Å². The molecule has 0 bridgehead atoms. The summed E-state index contributed by atoms with van der Waals surface area (Å²) in [6.07, 6.45) is 0.609. The fourth-order valence-corrected chi connectivity index (χ4v) is 3.97. The maximum Gasteiger partial charge on any atom is 0.248 e. The van der Waals surface area contributed by atoms with Crippen LogP contribution < -0.4 is 0 Å². The van der Waals surface area contributed by atoms with Gasteiger partial charge in [0.1, 0.15) is 23.2 Å². The van der Waals surface area contributed by atoms with E-state index in [4.69, 9.17) is 0 Å². The van der Waals surface area contributed by atoms with E-state index >= 15 is 0 Å². The van der Waals surface area contributed by atoms with Crippen LogP contribution in [0.25, 0.3) is 0 Å². The fraction of sp³-hybridized carbons (Fsp3) is 0.462. The van der Waals surface area contributed by atoms with E-state index in [2.05, 4.69) is 0 Å². The molecule has 0 spiro atoms. The summed E-state index contributed by atoms with van der Waals surface area (Å²) < 4.78 is 65.5. The van der Waals surface area contributed by atoms with Gasteiger partial charge in [0.15, 0.2) is 4.90 Å². The van der Waals surface area contributed by atoms with Gasteiger partial charge in [0.25, 0.3) is 0 Å². The van der Waals surface area contributed by atoms with Crippen LogP contribution in [-0.4, -0.2) is 31.6 Å². The molecule has 0 unspecified atom stereocenters. The lowest BCUT2D eigenvalue weighted by Crippen LogP contribution is -2.40. The number of hydrogen-bond acceptors (Lipinski definition) is 3. The SMILES string of the molecule is CC(=O)C1CCN(S(=O)(=O)c2c(F)cc(F)cc2F)CC1. The van der Waals surface area contributed by atoms with Crippen LogP contribution in [0, 0.1) is 23.4 Å². The first-order valence-corrected chi connectivity index (χ1v) is 7.82. The molecular weight excluding hydrogens is 307 g/mol. The van der Waals surface area contributed by atoms with E-state index in [1.165, 1.54) is 6.92 Å². The highest BCUT2D eigenvalue weighted by molar-refractivity contribution is 7.89. The molecule has 1 aliphatic heterocycles. The molecular formula is C13H14F3NO3S. The lowest BCUT2D eigenvalue weighted by atomic mass is 9.95. The molecule has 0 radical (unpaired) electrons. The van der Waals surface area contributed by atoms with Crippen molar-refractivity contribution in [3.05, 3.63) is 29.6 Å². The van der Waals surface area contributed by atoms with Crippen LogP contribution in [0.5, 0.6) is 0 Å². The summed E-state index contributed by atoms with van der Waals surface area (Å²) in [5.41, 5.74) is 0. The molecule has 0 amide bonds. The molecule has 1 aromatic rings. The largest absolute Gasteiger partial charge is 0.300 e. The molecule has 8 heteroatoms. The minimum atomic E-state index is -4.38. The van der Waals surface area contributed by atoms with Gasteiger partial charge in [-0.05, 0) is 19.8 Å². The molecule has 4 nitrogen and oxygen atoms in total. The van der Waals surface area contributed by atoms with Crippen molar-refractivity contribution >= 4 is 15.8 Å². The molecule has 1 heterocycles. The molecule has 1 saturated heterocycles. The highest BCUT2D eigenvalue weighted by atomic mass is 32.2. The Labute approximate surface area is 120 Å². The molecule has 21 heavy (non-hydrogen) atoms. The molecule has 0 atom stereocenters. The maximum absolute atomic E-state index is 13.6. The summed E-state index contributed by atoms with van der Waals surface area (Å²) in [4.78, 5) is 10.1. The number of ketones is 1. The lowest BCUT2D eigenvalue weighted by Gasteiger charge is -2.30. The molecule has 116 valence electrons. The van der Waals surface area contributed by atoms with E-state index in [0.29, 0.717) is 25.0 Å². The number of piperidine rings is 1. The van der Waals surface area contributed by atoms with E-state index in [1.54, 1.807) is 0 Å². The third-order valence-electron chi connectivity index (χ3n) is 3.59. The van der Waals surface area contributed by atoms with Crippen LogP contribution in [0.3, 0.4) is 0 Å². The maximum atomic E-state index is 13.6. The highest BCUT2D eigenvalue weighted by Crippen LogP contribution is 2.28. The number of hydrogen-bond donors (Lipinski definition) is 0. The van der Waals surface area contributed by atoms with Gasteiger partial charge in [0.2, 0.25) is 10.0 Å². The second kappa shape index (κ2) is 5.76. The number of carbonyl (C=O) groups is 1. The highest BCUT2D eigenvalue weighted by Gasteiger charge is 2.34. The van der Waals surface area contributed by atoms with Crippen LogP contribution >= 0.6 is 0 Å². The van der Waals surface area contributed by atoms with Crippen molar-refractivity contribution in [2.24, 2.45) is 5.92 Å². The molecule has 2 rings (SSSR count). The Morgan fingerprint density at radius 3 is 2.05 bits per heavy atom. The molecule has 0 N–H and O–H groups in total. The van der Waals surface area contributed by atoms with Crippen LogP contribution in [0.1, 0.15) is 19.8 Å². The summed E-state index contributed by atoms with van der Waals surface area (Å²) in [5, 5.41) is 0. The Balaban J connectivity index is 2.30. The molecule has 1 fully saturated rings. The number of halogens is 3. The molecule has 1 aliphatic rings. The first kappa shape index (κ1) is 16.0. The fourth-order valence-electron chi connectivity index (χ4n) is 2.41.